The first kappa shape index (κ1) is 17.8. The number of fused-ring (bicyclic) bond motifs is 2. The molecule has 0 aliphatic heterocycles. The normalized spacial score (nSPS) is 13.2. The summed E-state index contributed by atoms with van der Waals surface area (Å²) >= 11 is 6.07. The highest BCUT2D eigenvalue weighted by molar-refractivity contribution is 6.32. The second-order valence-electron chi connectivity index (χ2n) is 6.55. The molecule has 4 nitrogen and oxygen atoms in total. The van der Waals surface area contributed by atoms with Crippen molar-refractivity contribution in [3.05, 3.63) is 70.4 Å². The monoisotopic (exact) mass is 381 g/mol. The van der Waals surface area contributed by atoms with Gasteiger partial charge in [-0.15, -0.1) is 0 Å². The van der Waals surface area contributed by atoms with Crippen molar-refractivity contribution < 1.29 is 14.3 Å². The van der Waals surface area contributed by atoms with E-state index in [1.807, 2.05) is 36.4 Å². The number of hydrogen-bond donors (Lipinski definition) is 0. The average Bonchev–Trinajstić information content (AvgIpc) is 2.70. The Morgan fingerprint density at radius 1 is 1.00 bits per heavy atom. The van der Waals surface area contributed by atoms with Crippen LogP contribution in [0.3, 0.4) is 0 Å². The summed E-state index contributed by atoms with van der Waals surface area (Å²) in [7, 11) is 0. The Morgan fingerprint density at radius 3 is 2.67 bits per heavy atom. The van der Waals surface area contributed by atoms with Crippen LogP contribution >= 0.6 is 11.6 Å². The van der Waals surface area contributed by atoms with Crippen LogP contribution in [0.4, 0.5) is 0 Å². The van der Waals surface area contributed by atoms with Crippen molar-refractivity contribution in [1.82, 2.24) is 4.98 Å². The second kappa shape index (κ2) is 7.97. The van der Waals surface area contributed by atoms with Gasteiger partial charge in [0, 0.05) is 11.1 Å². The van der Waals surface area contributed by atoms with E-state index in [1.165, 1.54) is 0 Å². The fourth-order valence-corrected chi connectivity index (χ4v) is 3.72. The Labute approximate surface area is 163 Å². The van der Waals surface area contributed by atoms with Crippen molar-refractivity contribution in [3.8, 4) is 5.75 Å². The van der Waals surface area contributed by atoms with Gasteiger partial charge in [-0.1, -0.05) is 41.9 Å². The molecule has 1 aliphatic carbocycles. The Morgan fingerprint density at radius 2 is 1.78 bits per heavy atom. The van der Waals surface area contributed by atoms with Gasteiger partial charge in [0.2, 0.25) is 0 Å². The maximum Gasteiger partial charge on any atom is 0.339 e. The number of hydrogen-bond acceptors (Lipinski definition) is 4. The summed E-state index contributed by atoms with van der Waals surface area (Å²) in [6.45, 7) is 0.413. The first-order valence-electron chi connectivity index (χ1n) is 9.19. The Bertz CT molecular complexity index is 986. The van der Waals surface area contributed by atoms with Crippen LogP contribution in [0, 0.1) is 0 Å². The summed E-state index contributed by atoms with van der Waals surface area (Å²) in [5, 5.41) is 1.40. The van der Waals surface area contributed by atoms with E-state index in [9.17, 15) is 4.79 Å². The largest absolute Gasteiger partial charge is 0.488 e. The van der Waals surface area contributed by atoms with Gasteiger partial charge in [-0.3, -0.25) is 4.98 Å². The van der Waals surface area contributed by atoms with Gasteiger partial charge in [-0.2, -0.15) is 0 Å². The summed E-state index contributed by atoms with van der Waals surface area (Å²) in [6.07, 6.45) is 3.96. The molecule has 0 amide bonds. The quantitative estimate of drug-likeness (QED) is 0.460. The molecule has 0 saturated carbocycles. The van der Waals surface area contributed by atoms with E-state index in [1.54, 1.807) is 12.1 Å². The summed E-state index contributed by atoms with van der Waals surface area (Å²) in [5.41, 5.74) is 3.57. The van der Waals surface area contributed by atoms with Crippen LogP contribution in [0.25, 0.3) is 10.9 Å². The molecule has 1 aliphatic rings. The number of para-hydroxylation sites is 2. The molecule has 3 aromatic rings. The van der Waals surface area contributed by atoms with Crippen molar-refractivity contribution >= 4 is 28.5 Å². The Kier molecular flexibility index (Phi) is 5.26. The number of nitrogens with zero attached hydrogens (tertiary/aromatic N) is 1. The summed E-state index contributed by atoms with van der Waals surface area (Å²) in [6, 6.07) is 15.0. The van der Waals surface area contributed by atoms with Gasteiger partial charge in [0.25, 0.3) is 0 Å². The van der Waals surface area contributed by atoms with Gasteiger partial charge < -0.3 is 9.47 Å². The number of esters is 1. The third kappa shape index (κ3) is 3.76. The summed E-state index contributed by atoms with van der Waals surface area (Å²) in [4.78, 5) is 17.6. The average molecular weight is 382 g/mol. The molecular weight excluding hydrogens is 362 g/mol. The SMILES string of the molecule is O=C(OCCOc1ccccc1Cl)c1c2c(nc3ccccc13)CCCC2. The smallest absolute Gasteiger partial charge is 0.339 e. The zero-order chi connectivity index (χ0) is 18.6. The third-order valence-corrected chi connectivity index (χ3v) is 5.10. The standard InChI is InChI=1S/C22H20ClNO3/c23-17-9-3-6-12-20(17)26-13-14-27-22(25)21-15-7-1-4-10-18(15)24-19-11-5-2-8-16(19)21/h1,3-4,6-7,9-10,12H,2,5,8,11,13-14H2. The number of aromatic nitrogens is 1. The fourth-order valence-electron chi connectivity index (χ4n) is 3.53. The van der Waals surface area contributed by atoms with E-state index < -0.39 is 0 Å². The van der Waals surface area contributed by atoms with Gasteiger partial charge in [0.1, 0.15) is 19.0 Å². The van der Waals surface area contributed by atoms with Crippen molar-refractivity contribution in [1.29, 1.82) is 0 Å². The molecule has 0 bridgehead atoms. The van der Waals surface area contributed by atoms with Crippen LogP contribution in [0.5, 0.6) is 5.75 Å². The van der Waals surface area contributed by atoms with Crippen LogP contribution < -0.4 is 4.74 Å². The molecule has 0 spiro atoms. The topological polar surface area (TPSA) is 48.4 Å². The molecule has 0 saturated heterocycles. The zero-order valence-electron chi connectivity index (χ0n) is 14.9. The van der Waals surface area contributed by atoms with Crippen LogP contribution in [0.15, 0.2) is 48.5 Å². The first-order chi connectivity index (χ1) is 13.2. The van der Waals surface area contributed by atoms with Crippen LogP contribution in [0.1, 0.15) is 34.5 Å². The second-order valence-corrected chi connectivity index (χ2v) is 6.96. The molecule has 0 unspecified atom stereocenters. The maximum absolute atomic E-state index is 12.9. The van der Waals surface area contributed by atoms with Gasteiger partial charge in [0.15, 0.2) is 0 Å². The number of rotatable bonds is 5. The van der Waals surface area contributed by atoms with Crippen molar-refractivity contribution in [2.24, 2.45) is 0 Å². The molecule has 0 atom stereocenters. The van der Waals surface area contributed by atoms with Crippen molar-refractivity contribution in [3.63, 3.8) is 0 Å². The molecule has 1 aromatic heterocycles. The van der Waals surface area contributed by atoms with Crippen LogP contribution in [0.2, 0.25) is 5.02 Å². The molecule has 27 heavy (non-hydrogen) atoms. The van der Waals surface area contributed by atoms with E-state index in [2.05, 4.69) is 0 Å². The number of aryl methyl sites for hydroxylation is 1. The lowest BCUT2D eigenvalue weighted by atomic mass is 9.90. The third-order valence-electron chi connectivity index (χ3n) is 4.78. The van der Waals surface area contributed by atoms with E-state index in [0.717, 1.165) is 47.8 Å². The van der Waals surface area contributed by atoms with E-state index >= 15 is 0 Å². The lowest BCUT2D eigenvalue weighted by Crippen LogP contribution is -2.18. The van der Waals surface area contributed by atoms with Crippen LogP contribution in [-0.2, 0) is 17.6 Å². The predicted octanol–water partition coefficient (Wildman–Crippen LogP) is 5.00. The minimum absolute atomic E-state index is 0.162. The van der Waals surface area contributed by atoms with Crippen molar-refractivity contribution in [2.45, 2.75) is 25.7 Å². The fraction of sp³-hybridized carbons (Fsp3) is 0.273. The predicted molar refractivity (Wildman–Crippen MR) is 106 cm³/mol. The van der Waals surface area contributed by atoms with Gasteiger partial charge >= 0.3 is 5.97 Å². The molecule has 4 rings (SSSR count). The minimum atomic E-state index is -0.311. The molecular formula is C22H20ClNO3. The molecule has 0 N–H and O–H groups in total. The number of benzene rings is 2. The van der Waals surface area contributed by atoms with Crippen molar-refractivity contribution in [2.75, 3.05) is 13.2 Å². The molecule has 1 heterocycles. The number of carbonyl (C=O) groups is 1. The van der Waals surface area contributed by atoms with E-state index in [0.29, 0.717) is 16.3 Å². The number of halogens is 1. The highest BCUT2D eigenvalue weighted by atomic mass is 35.5. The minimum Gasteiger partial charge on any atom is -0.488 e. The summed E-state index contributed by atoms with van der Waals surface area (Å²) < 4.78 is 11.1. The van der Waals surface area contributed by atoms with E-state index in [-0.39, 0.29) is 19.2 Å². The number of pyridine rings is 1. The number of carbonyl (C=O) groups excluding carboxylic acids is 1. The van der Waals surface area contributed by atoms with Gasteiger partial charge in [-0.05, 0) is 49.4 Å². The molecule has 5 heteroatoms. The zero-order valence-corrected chi connectivity index (χ0v) is 15.7. The molecule has 0 radical (unpaired) electrons. The molecule has 0 fully saturated rings. The van der Waals surface area contributed by atoms with Crippen LogP contribution in [-0.4, -0.2) is 24.2 Å². The lowest BCUT2D eigenvalue weighted by molar-refractivity contribution is 0.0451. The Hall–Kier alpha value is -2.59. The lowest BCUT2D eigenvalue weighted by Gasteiger charge is -2.20. The molecule has 2 aromatic carbocycles. The Balaban J connectivity index is 1.51. The highest BCUT2D eigenvalue weighted by Crippen LogP contribution is 2.30. The molecule has 138 valence electrons. The van der Waals surface area contributed by atoms with E-state index in [4.69, 9.17) is 26.1 Å². The maximum atomic E-state index is 12.9. The summed E-state index contributed by atoms with van der Waals surface area (Å²) in [5.74, 6) is 0.275. The van der Waals surface area contributed by atoms with Gasteiger partial charge in [-0.25, -0.2) is 4.79 Å². The highest BCUT2D eigenvalue weighted by Gasteiger charge is 2.23. The number of ether oxygens (including phenoxy) is 2. The first-order valence-corrected chi connectivity index (χ1v) is 9.57. The van der Waals surface area contributed by atoms with Gasteiger partial charge in [0.05, 0.1) is 16.1 Å².